The number of fused-ring (bicyclic) bond motifs is 11. The van der Waals surface area contributed by atoms with E-state index < -0.39 is 0 Å². The van der Waals surface area contributed by atoms with Gasteiger partial charge < -0.3 is 9.47 Å². The van der Waals surface area contributed by atoms with Crippen LogP contribution in [0.15, 0.2) is 249 Å². The Balaban J connectivity index is 0.894. The minimum absolute atomic E-state index is 0.0774. The average molecular weight is 883 g/mol. The van der Waals surface area contributed by atoms with Crippen LogP contribution in [0.5, 0.6) is 0 Å². The molecular weight excluding hydrogens is 841 g/mol. The summed E-state index contributed by atoms with van der Waals surface area (Å²) in [6.45, 7) is 0. The molecule has 0 spiro atoms. The summed E-state index contributed by atoms with van der Waals surface area (Å²) in [5.74, 6) is 0.0774. The van der Waals surface area contributed by atoms with Gasteiger partial charge >= 0.3 is 0 Å². The molecule has 0 saturated heterocycles. The van der Waals surface area contributed by atoms with E-state index >= 15 is 0 Å². The highest BCUT2D eigenvalue weighted by molar-refractivity contribution is 7.25. The van der Waals surface area contributed by atoms with Crippen LogP contribution in [-0.2, 0) is 0 Å². The molecule has 1 aliphatic rings. The Hall–Kier alpha value is -8.50. The first kappa shape index (κ1) is 38.7. The monoisotopic (exact) mass is 882 g/mol. The molecule has 0 fully saturated rings. The van der Waals surface area contributed by atoms with Gasteiger partial charge in [0.2, 0.25) is 0 Å². The number of rotatable bonds is 7. The molecule has 0 bridgehead atoms. The molecule has 13 aromatic rings. The molecule has 2 heterocycles. The number of benzene rings is 11. The lowest BCUT2D eigenvalue weighted by Crippen LogP contribution is -2.09. The van der Waals surface area contributed by atoms with Crippen molar-refractivity contribution in [3.05, 3.63) is 266 Å². The summed E-state index contributed by atoms with van der Waals surface area (Å²) in [5, 5.41) is 8.88. The van der Waals surface area contributed by atoms with Gasteiger partial charge in [0.15, 0.2) is 0 Å². The normalized spacial score (nSPS) is 13.1. The van der Waals surface area contributed by atoms with Crippen LogP contribution >= 0.6 is 11.3 Å². The molecule has 0 amide bonds. The van der Waals surface area contributed by atoms with Crippen molar-refractivity contribution in [2.24, 2.45) is 0 Å². The van der Waals surface area contributed by atoms with Gasteiger partial charge in [-0.05, 0) is 133 Å². The smallest absolute Gasteiger partial charge is 0.0538 e. The van der Waals surface area contributed by atoms with Crippen molar-refractivity contribution >= 4 is 81.0 Å². The molecule has 3 heteroatoms. The molecule has 0 saturated carbocycles. The summed E-state index contributed by atoms with van der Waals surface area (Å²) in [6, 6.07) is 91.9. The van der Waals surface area contributed by atoms with E-state index in [1.54, 1.807) is 0 Å². The molecule has 318 valence electrons. The van der Waals surface area contributed by atoms with Crippen LogP contribution in [0, 0.1) is 0 Å². The summed E-state index contributed by atoms with van der Waals surface area (Å²) in [7, 11) is 0. The van der Waals surface area contributed by atoms with E-state index in [1.807, 2.05) is 11.3 Å². The first-order valence-corrected chi connectivity index (χ1v) is 24.3. The van der Waals surface area contributed by atoms with Gasteiger partial charge in [0.1, 0.15) is 0 Å². The molecule has 2 aromatic heterocycles. The Bertz CT molecular complexity index is 4090. The quantitative estimate of drug-likeness (QED) is 0.145. The van der Waals surface area contributed by atoms with Crippen molar-refractivity contribution in [3.8, 4) is 39.1 Å². The van der Waals surface area contributed by atoms with Crippen molar-refractivity contribution in [2.45, 2.75) is 5.92 Å². The maximum atomic E-state index is 2.51. The maximum Gasteiger partial charge on any atom is 0.0538 e. The minimum atomic E-state index is 0.0774. The first-order valence-electron chi connectivity index (χ1n) is 23.4. The summed E-state index contributed by atoms with van der Waals surface area (Å²) in [5.41, 5.74) is 17.2. The van der Waals surface area contributed by atoms with Crippen molar-refractivity contribution in [1.82, 2.24) is 4.57 Å². The zero-order valence-corrected chi connectivity index (χ0v) is 37.9. The van der Waals surface area contributed by atoms with Gasteiger partial charge in [-0.1, -0.05) is 176 Å². The lowest BCUT2D eigenvalue weighted by Gasteiger charge is -2.26. The van der Waals surface area contributed by atoms with Crippen molar-refractivity contribution < 1.29 is 0 Å². The predicted molar refractivity (Wildman–Crippen MR) is 290 cm³/mol. The van der Waals surface area contributed by atoms with Crippen LogP contribution in [-0.4, -0.2) is 4.57 Å². The van der Waals surface area contributed by atoms with E-state index in [0.717, 1.165) is 17.1 Å². The Morgan fingerprint density at radius 1 is 0.368 bits per heavy atom. The Labute approximate surface area is 398 Å². The first-order chi connectivity index (χ1) is 33.7. The summed E-state index contributed by atoms with van der Waals surface area (Å²) < 4.78 is 5.12. The fraction of sp³-hybridized carbons (Fsp3) is 0.0154. The predicted octanol–water partition coefficient (Wildman–Crippen LogP) is 18.3. The third-order valence-corrected chi connectivity index (χ3v) is 15.4. The molecule has 2 nitrogen and oxygen atoms in total. The van der Waals surface area contributed by atoms with Gasteiger partial charge in [-0.2, -0.15) is 0 Å². The summed E-state index contributed by atoms with van der Waals surface area (Å²) >= 11 is 1.86. The summed E-state index contributed by atoms with van der Waals surface area (Å²) in [6.07, 6.45) is 0. The maximum absolute atomic E-state index is 2.51. The zero-order chi connectivity index (χ0) is 44.7. The van der Waals surface area contributed by atoms with Crippen LogP contribution < -0.4 is 4.90 Å². The van der Waals surface area contributed by atoms with Gasteiger partial charge in [-0.25, -0.2) is 0 Å². The van der Waals surface area contributed by atoms with E-state index in [4.69, 9.17) is 0 Å². The third-order valence-electron chi connectivity index (χ3n) is 14.2. The molecule has 1 aliphatic carbocycles. The van der Waals surface area contributed by atoms with Gasteiger partial charge in [-0.15, -0.1) is 11.3 Å². The fourth-order valence-electron chi connectivity index (χ4n) is 11.2. The second-order valence-electron chi connectivity index (χ2n) is 18.0. The van der Waals surface area contributed by atoms with Crippen molar-refractivity contribution in [1.29, 1.82) is 0 Å². The number of nitrogens with zero attached hydrogens (tertiary/aromatic N) is 2. The molecule has 14 rings (SSSR count). The number of anilines is 3. The highest BCUT2D eigenvalue weighted by atomic mass is 32.1. The SMILES string of the molecule is c1ccc(C2c3cccc(-c4cccc(-c5ccc(N(c6ccc7c(ccc8ccccc87)c6)c6ccc7sc8ccccc8c7c6)cc5)c4)c3-c3c2n(-c2ccccc2)c2ccccc32)cc1. The second-order valence-corrected chi connectivity index (χ2v) is 19.1. The Kier molecular flexibility index (Phi) is 8.86. The van der Waals surface area contributed by atoms with E-state index in [1.165, 1.54) is 109 Å². The molecule has 0 aliphatic heterocycles. The Morgan fingerprint density at radius 2 is 1.01 bits per heavy atom. The molecule has 0 radical (unpaired) electrons. The van der Waals surface area contributed by atoms with E-state index in [2.05, 4.69) is 258 Å². The number of hydrogen-bond donors (Lipinski definition) is 0. The van der Waals surface area contributed by atoms with Crippen LogP contribution in [0.1, 0.15) is 22.7 Å². The lowest BCUT2D eigenvalue weighted by atomic mass is 9.88. The molecule has 68 heavy (non-hydrogen) atoms. The lowest BCUT2D eigenvalue weighted by molar-refractivity contribution is 0.903. The van der Waals surface area contributed by atoms with E-state index in [0.29, 0.717) is 0 Å². The van der Waals surface area contributed by atoms with Crippen LogP contribution in [0.3, 0.4) is 0 Å². The van der Waals surface area contributed by atoms with Gasteiger partial charge in [-0.3, -0.25) is 0 Å². The fourth-order valence-corrected chi connectivity index (χ4v) is 12.3. The molecule has 0 N–H and O–H groups in total. The molecule has 11 aromatic carbocycles. The van der Waals surface area contributed by atoms with Crippen molar-refractivity contribution in [2.75, 3.05) is 4.90 Å². The number of thiophene rings is 1. The summed E-state index contributed by atoms with van der Waals surface area (Å²) in [4.78, 5) is 2.42. The second kappa shape index (κ2) is 15.6. The van der Waals surface area contributed by atoms with Gasteiger partial charge in [0.25, 0.3) is 0 Å². The largest absolute Gasteiger partial charge is 0.312 e. The van der Waals surface area contributed by atoms with E-state index in [9.17, 15) is 0 Å². The van der Waals surface area contributed by atoms with Crippen LogP contribution in [0.4, 0.5) is 17.1 Å². The average Bonchev–Trinajstić information content (AvgIpc) is 4.07. The van der Waals surface area contributed by atoms with Crippen LogP contribution in [0.25, 0.3) is 91.7 Å². The number of para-hydroxylation sites is 2. The van der Waals surface area contributed by atoms with Gasteiger partial charge in [0, 0.05) is 59.6 Å². The number of aromatic nitrogens is 1. The highest BCUT2D eigenvalue weighted by Gasteiger charge is 2.37. The van der Waals surface area contributed by atoms with Gasteiger partial charge in [0.05, 0.1) is 11.4 Å². The van der Waals surface area contributed by atoms with E-state index in [-0.39, 0.29) is 5.92 Å². The standard InChI is InChI=1S/C65H42N2S/c1-3-16-44(17-4-1)62-57-26-14-25-54(63(57)64-56-24-9-11-27-59(56)67(65(62)64)48-20-5-2-6-21-48)46-19-13-18-45(39-46)42-31-33-49(34-32-42)66(51-36-38-61-58(41-51)55-23-10-12-28-60(55)68-61)50-35-37-53-47(40-50)30-29-43-15-7-8-22-52(43)53/h1-41,62H. The van der Waals surface area contributed by atoms with Crippen LogP contribution in [0.2, 0.25) is 0 Å². The Morgan fingerprint density at radius 3 is 1.88 bits per heavy atom. The van der Waals surface area contributed by atoms with Crippen molar-refractivity contribution in [3.63, 3.8) is 0 Å². The minimum Gasteiger partial charge on any atom is -0.312 e. The molecule has 1 unspecified atom stereocenters. The molecular formula is C65H42N2S. The third kappa shape index (κ3) is 6.10. The topological polar surface area (TPSA) is 8.17 Å². The molecule has 1 atom stereocenters. The highest BCUT2D eigenvalue weighted by Crippen LogP contribution is 2.56. The zero-order valence-electron chi connectivity index (χ0n) is 37.1. The number of hydrogen-bond acceptors (Lipinski definition) is 2.